The predicted octanol–water partition coefficient (Wildman–Crippen LogP) is 4.46. The number of nitrogens with one attached hydrogen (secondary N) is 2. The number of aryl methyl sites for hydroxylation is 1. The van der Waals surface area contributed by atoms with Crippen molar-refractivity contribution in [1.82, 2.24) is 5.43 Å². The van der Waals surface area contributed by atoms with E-state index in [1.165, 1.54) is 6.21 Å². The summed E-state index contributed by atoms with van der Waals surface area (Å²) in [7, 11) is 0. The lowest BCUT2D eigenvalue weighted by atomic mass is 10.1. The molecule has 0 radical (unpaired) electrons. The Balaban J connectivity index is 1.62. The summed E-state index contributed by atoms with van der Waals surface area (Å²) in [6.07, 6.45) is 1.28. The molecule has 0 spiro atoms. The molecule has 3 rings (SSSR count). The van der Waals surface area contributed by atoms with Gasteiger partial charge in [-0.2, -0.15) is 5.10 Å². The third kappa shape index (κ3) is 7.01. The molecule has 0 aliphatic heterocycles. The summed E-state index contributed by atoms with van der Waals surface area (Å²) >= 11 is 3.35. The summed E-state index contributed by atoms with van der Waals surface area (Å²) in [6, 6.07) is 18.5. The van der Waals surface area contributed by atoms with E-state index >= 15 is 0 Å². The molecule has 0 bridgehead atoms. The number of anilines is 1. The van der Waals surface area contributed by atoms with Gasteiger partial charge in [-0.3, -0.25) is 9.59 Å². The van der Waals surface area contributed by atoms with Crippen molar-refractivity contribution in [2.75, 3.05) is 11.9 Å². The molecule has 174 valence electrons. The number of halogens is 1. The number of hydrogen-bond acceptors (Lipinski definition) is 6. The minimum absolute atomic E-state index is 0.241. The number of ether oxygens (including phenoxy) is 2. The fraction of sp³-hybridized carbons (Fsp3) is 0.120. The molecule has 8 nitrogen and oxygen atoms in total. The maximum Gasteiger partial charge on any atom is 0.343 e. The SMILES string of the molecule is CCOc1ccc(NC(=O)C(=O)N/N=C\c2cc(Br)ccc2OC(=O)c2ccc(C)cc2)cc1. The van der Waals surface area contributed by atoms with Gasteiger partial charge in [-0.1, -0.05) is 33.6 Å². The first-order chi connectivity index (χ1) is 16.4. The van der Waals surface area contributed by atoms with E-state index in [0.717, 1.165) is 5.56 Å². The standard InChI is InChI=1S/C25H22BrN3O5/c1-3-33-21-11-9-20(10-12-21)28-23(30)24(31)29-27-15-18-14-19(26)8-13-22(18)34-25(32)17-6-4-16(2)5-7-17/h4-15H,3H2,1-2H3,(H,28,30)(H,29,31)/b27-15-. The maximum absolute atomic E-state index is 12.5. The molecular formula is C25H22BrN3O5. The molecule has 3 aromatic carbocycles. The van der Waals surface area contributed by atoms with Gasteiger partial charge in [-0.05, 0) is 68.4 Å². The number of rotatable bonds is 7. The van der Waals surface area contributed by atoms with E-state index in [2.05, 4.69) is 31.8 Å². The number of hydrogen-bond donors (Lipinski definition) is 2. The maximum atomic E-state index is 12.5. The van der Waals surface area contributed by atoms with Crippen LogP contribution in [0.15, 0.2) is 76.3 Å². The molecule has 0 aliphatic carbocycles. The smallest absolute Gasteiger partial charge is 0.343 e. The van der Waals surface area contributed by atoms with E-state index in [1.54, 1.807) is 54.6 Å². The average molecular weight is 524 g/mol. The third-order valence-electron chi connectivity index (χ3n) is 4.46. The molecule has 0 fully saturated rings. The first-order valence-corrected chi connectivity index (χ1v) is 11.1. The van der Waals surface area contributed by atoms with Gasteiger partial charge in [0.05, 0.1) is 18.4 Å². The molecule has 0 unspecified atom stereocenters. The molecule has 34 heavy (non-hydrogen) atoms. The average Bonchev–Trinajstić information content (AvgIpc) is 2.82. The van der Waals surface area contributed by atoms with Crippen molar-refractivity contribution in [3.8, 4) is 11.5 Å². The van der Waals surface area contributed by atoms with Crippen molar-refractivity contribution in [1.29, 1.82) is 0 Å². The molecule has 2 N–H and O–H groups in total. The Hall–Kier alpha value is -3.98. The molecule has 0 aliphatic rings. The highest BCUT2D eigenvalue weighted by Gasteiger charge is 2.14. The van der Waals surface area contributed by atoms with Crippen LogP contribution in [0.3, 0.4) is 0 Å². The third-order valence-corrected chi connectivity index (χ3v) is 4.95. The van der Waals surface area contributed by atoms with Gasteiger partial charge < -0.3 is 14.8 Å². The first kappa shape index (κ1) is 24.7. The lowest BCUT2D eigenvalue weighted by molar-refractivity contribution is -0.136. The number of amides is 2. The Morgan fingerprint density at radius 2 is 1.68 bits per heavy atom. The second-order valence-electron chi connectivity index (χ2n) is 7.05. The number of hydrazone groups is 1. The van der Waals surface area contributed by atoms with Crippen molar-refractivity contribution >= 4 is 45.6 Å². The van der Waals surface area contributed by atoms with Gasteiger partial charge in [0, 0.05) is 15.7 Å². The monoisotopic (exact) mass is 523 g/mol. The zero-order valence-electron chi connectivity index (χ0n) is 18.5. The van der Waals surface area contributed by atoms with Gasteiger partial charge in [-0.15, -0.1) is 0 Å². The van der Waals surface area contributed by atoms with Gasteiger partial charge in [0.25, 0.3) is 0 Å². The molecular weight excluding hydrogens is 502 g/mol. The van der Waals surface area contributed by atoms with Gasteiger partial charge in [0.1, 0.15) is 11.5 Å². The van der Waals surface area contributed by atoms with E-state index in [-0.39, 0.29) is 5.75 Å². The minimum Gasteiger partial charge on any atom is -0.494 e. The topological polar surface area (TPSA) is 106 Å². The highest BCUT2D eigenvalue weighted by Crippen LogP contribution is 2.23. The predicted molar refractivity (Wildman–Crippen MR) is 132 cm³/mol. The number of nitrogens with zero attached hydrogens (tertiary/aromatic N) is 1. The lowest BCUT2D eigenvalue weighted by Gasteiger charge is -2.08. The first-order valence-electron chi connectivity index (χ1n) is 10.3. The summed E-state index contributed by atoms with van der Waals surface area (Å²) in [5.41, 5.74) is 4.43. The molecule has 0 saturated heterocycles. The zero-order chi connectivity index (χ0) is 24.5. The quantitative estimate of drug-likeness (QED) is 0.156. The summed E-state index contributed by atoms with van der Waals surface area (Å²) in [4.78, 5) is 36.7. The summed E-state index contributed by atoms with van der Waals surface area (Å²) in [5, 5.41) is 6.29. The Morgan fingerprint density at radius 1 is 0.971 bits per heavy atom. The van der Waals surface area contributed by atoms with Crippen LogP contribution in [0.4, 0.5) is 5.69 Å². The lowest BCUT2D eigenvalue weighted by Crippen LogP contribution is -2.32. The highest BCUT2D eigenvalue weighted by atomic mass is 79.9. The Bertz CT molecular complexity index is 1210. The molecule has 0 aromatic heterocycles. The second-order valence-corrected chi connectivity index (χ2v) is 7.96. The van der Waals surface area contributed by atoms with Crippen molar-refractivity contribution in [3.05, 3.63) is 87.9 Å². The molecule has 2 amide bonds. The van der Waals surface area contributed by atoms with Crippen molar-refractivity contribution in [3.63, 3.8) is 0 Å². The largest absolute Gasteiger partial charge is 0.494 e. The summed E-state index contributed by atoms with van der Waals surface area (Å²) < 4.78 is 11.5. The number of carbonyl (C=O) groups is 3. The van der Waals surface area contributed by atoms with E-state index in [1.807, 2.05) is 26.0 Å². The fourth-order valence-corrected chi connectivity index (χ4v) is 3.14. The van der Waals surface area contributed by atoms with E-state index in [9.17, 15) is 14.4 Å². The second kappa shape index (κ2) is 11.8. The normalized spacial score (nSPS) is 10.6. The van der Waals surface area contributed by atoms with Crippen LogP contribution >= 0.6 is 15.9 Å². The molecule has 3 aromatic rings. The number of benzene rings is 3. The highest BCUT2D eigenvalue weighted by molar-refractivity contribution is 9.10. The Kier molecular flexibility index (Phi) is 8.53. The van der Waals surface area contributed by atoms with Crippen LogP contribution in [0.1, 0.15) is 28.4 Å². The van der Waals surface area contributed by atoms with E-state index in [4.69, 9.17) is 9.47 Å². The van der Waals surface area contributed by atoms with Gasteiger partial charge in [0.2, 0.25) is 0 Å². The Labute approximate surface area is 205 Å². The van der Waals surface area contributed by atoms with Crippen molar-refractivity contribution < 1.29 is 23.9 Å². The van der Waals surface area contributed by atoms with Gasteiger partial charge >= 0.3 is 17.8 Å². The van der Waals surface area contributed by atoms with E-state index < -0.39 is 17.8 Å². The van der Waals surface area contributed by atoms with Crippen LogP contribution in [0.2, 0.25) is 0 Å². The fourth-order valence-electron chi connectivity index (χ4n) is 2.76. The van der Waals surface area contributed by atoms with Crippen molar-refractivity contribution in [2.24, 2.45) is 5.10 Å². The van der Waals surface area contributed by atoms with Crippen LogP contribution in [-0.2, 0) is 9.59 Å². The van der Waals surface area contributed by atoms with Gasteiger partial charge in [-0.25, -0.2) is 10.2 Å². The number of esters is 1. The van der Waals surface area contributed by atoms with Crippen LogP contribution < -0.4 is 20.2 Å². The molecule has 0 saturated carbocycles. The van der Waals surface area contributed by atoms with Crippen LogP contribution in [-0.4, -0.2) is 30.6 Å². The number of carbonyl (C=O) groups excluding carboxylic acids is 3. The van der Waals surface area contributed by atoms with E-state index in [0.29, 0.717) is 33.6 Å². The van der Waals surface area contributed by atoms with Crippen LogP contribution in [0.25, 0.3) is 0 Å². The van der Waals surface area contributed by atoms with Crippen molar-refractivity contribution in [2.45, 2.75) is 13.8 Å². The minimum atomic E-state index is -0.960. The Morgan fingerprint density at radius 3 is 2.35 bits per heavy atom. The molecule has 0 atom stereocenters. The van der Waals surface area contributed by atoms with Gasteiger partial charge in [0.15, 0.2) is 0 Å². The van der Waals surface area contributed by atoms with Crippen LogP contribution in [0, 0.1) is 6.92 Å². The summed E-state index contributed by atoms with van der Waals surface area (Å²) in [5.74, 6) is -1.48. The zero-order valence-corrected chi connectivity index (χ0v) is 20.1. The summed E-state index contributed by atoms with van der Waals surface area (Å²) in [6.45, 7) is 4.31. The van der Waals surface area contributed by atoms with Crippen LogP contribution in [0.5, 0.6) is 11.5 Å². The molecule has 9 heteroatoms. The molecule has 0 heterocycles.